The predicted molar refractivity (Wildman–Crippen MR) is 82.5 cm³/mol. The molecule has 0 aromatic rings. The Morgan fingerprint density at radius 1 is 1.21 bits per heavy atom. The standard InChI is InChI=1S/C16H34N2O/c1-5-17-16(4,13-19)11-6-7-12-18-14(2)9-8-10-15(18)3/h14-15,17,19H,5-13H2,1-4H3/t14-,15+,16?. The maximum absolute atomic E-state index is 9.48. The molecule has 1 aliphatic rings. The summed E-state index contributed by atoms with van der Waals surface area (Å²) in [7, 11) is 0. The van der Waals surface area contributed by atoms with Gasteiger partial charge in [-0.1, -0.05) is 19.8 Å². The molecular weight excluding hydrogens is 236 g/mol. The highest BCUT2D eigenvalue weighted by Crippen LogP contribution is 2.23. The third-order valence-electron chi connectivity index (χ3n) is 4.72. The van der Waals surface area contributed by atoms with Gasteiger partial charge >= 0.3 is 0 Å². The molecule has 0 aliphatic carbocycles. The third-order valence-corrected chi connectivity index (χ3v) is 4.72. The van der Waals surface area contributed by atoms with Crippen molar-refractivity contribution in [3.8, 4) is 0 Å². The lowest BCUT2D eigenvalue weighted by atomic mass is 9.94. The summed E-state index contributed by atoms with van der Waals surface area (Å²) in [5.41, 5.74) is -0.0894. The number of likely N-dealkylation sites (tertiary alicyclic amines) is 1. The number of aliphatic hydroxyl groups is 1. The van der Waals surface area contributed by atoms with Gasteiger partial charge in [0.2, 0.25) is 0 Å². The zero-order valence-electron chi connectivity index (χ0n) is 13.4. The number of nitrogens with one attached hydrogen (secondary N) is 1. The summed E-state index contributed by atoms with van der Waals surface area (Å²) in [5.74, 6) is 0. The molecule has 0 spiro atoms. The Hall–Kier alpha value is -0.120. The largest absolute Gasteiger partial charge is 0.394 e. The van der Waals surface area contributed by atoms with Crippen LogP contribution < -0.4 is 5.32 Å². The fraction of sp³-hybridized carbons (Fsp3) is 1.00. The topological polar surface area (TPSA) is 35.5 Å². The summed E-state index contributed by atoms with van der Waals surface area (Å²) in [6.07, 6.45) is 7.61. The van der Waals surface area contributed by atoms with Crippen LogP contribution in [0.3, 0.4) is 0 Å². The van der Waals surface area contributed by atoms with Crippen LogP contribution in [0.5, 0.6) is 0 Å². The normalized spacial score (nSPS) is 28.3. The maximum atomic E-state index is 9.48. The lowest BCUT2D eigenvalue weighted by Crippen LogP contribution is -2.46. The zero-order chi connectivity index (χ0) is 14.3. The molecule has 1 heterocycles. The Bertz CT molecular complexity index is 237. The van der Waals surface area contributed by atoms with Crippen molar-refractivity contribution in [2.75, 3.05) is 19.7 Å². The van der Waals surface area contributed by atoms with Crippen molar-refractivity contribution in [2.45, 2.75) is 83.8 Å². The van der Waals surface area contributed by atoms with Gasteiger partial charge in [0.05, 0.1) is 6.61 Å². The number of hydrogen-bond donors (Lipinski definition) is 2. The van der Waals surface area contributed by atoms with Crippen molar-refractivity contribution in [1.82, 2.24) is 10.2 Å². The Kier molecular flexibility index (Phi) is 7.33. The predicted octanol–water partition coefficient (Wildman–Crippen LogP) is 2.78. The highest BCUT2D eigenvalue weighted by atomic mass is 16.3. The summed E-state index contributed by atoms with van der Waals surface area (Å²) in [6.45, 7) is 11.3. The first kappa shape index (κ1) is 16.9. The molecule has 1 saturated heterocycles. The van der Waals surface area contributed by atoms with Gasteiger partial charge in [-0.2, -0.15) is 0 Å². The van der Waals surface area contributed by atoms with E-state index in [1.165, 1.54) is 38.6 Å². The summed E-state index contributed by atoms with van der Waals surface area (Å²) >= 11 is 0. The van der Waals surface area contributed by atoms with Crippen LogP contribution in [0.25, 0.3) is 0 Å². The van der Waals surface area contributed by atoms with Gasteiger partial charge in [-0.05, 0) is 59.5 Å². The van der Waals surface area contributed by atoms with E-state index in [0.29, 0.717) is 0 Å². The first-order chi connectivity index (χ1) is 9.02. The highest BCUT2D eigenvalue weighted by molar-refractivity contribution is 4.83. The molecule has 1 aliphatic heterocycles. The van der Waals surface area contributed by atoms with E-state index < -0.39 is 0 Å². The Morgan fingerprint density at radius 3 is 2.37 bits per heavy atom. The van der Waals surface area contributed by atoms with Crippen LogP contribution in [0.1, 0.15) is 66.2 Å². The van der Waals surface area contributed by atoms with E-state index in [4.69, 9.17) is 0 Å². The summed E-state index contributed by atoms with van der Waals surface area (Å²) in [4.78, 5) is 2.67. The average Bonchev–Trinajstić information content (AvgIpc) is 2.38. The molecule has 0 radical (unpaired) electrons. The minimum Gasteiger partial charge on any atom is -0.394 e. The van der Waals surface area contributed by atoms with Crippen molar-refractivity contribution in [3.63, 3.8) is 0 Å². The van der Waals surface area contributed by atoms with E-state index in [0.717, 1.165) is 25.0 Å². The molecule has 0 amide bonds. The Labute approximate surface area is 119 Å². The third kappa shape index (κ3) is 5.41. The van der Waals surface area contributed by atoms with Crippen LogP contribution in [-0.2, 0) is 0 Å². The van der Waals surface area contributed by atoms with Gasteiger partial charge in [0.1, 0.15) is 0 Å². The number of likely N-dealkylation sites (N-methyl/N-ethyl adjacent to an activating group) is 1. The number of aliphatic hydroxyl groups excluding tert-OH is 1. The Balaban J connectivity index is 2.25. The zero-order valence-corrected chi connectivity index (χ0v) is 13.4. The number of hydrogen-bond acceptors (Lipinski definition) is 3. The fourth-order valence-electron chi connectivity index (χ4n) is 3.38. The lowest BCUT2D eigenvalue weighted by molar-refractivity contribution is 0.0985. The molecule has 3 nitrogen and oxygen atoms in total. The number of piperidine rings is 1. The lowest BCUT2D eigenvalue weighted by Gasteiger charge is -2.39. The van der Waals surface area contributed by atoms with E-state index in [1.807, 2.05) is 0 Å². The number of unbranched alkanes of at least 4 members (excludes halogenated alkanes) is 1. The average molecular weight is 270 g/mol. The molecule has 0 aromatic heterocycles. The van der Waals surface area contributed by atoms with Gasteiger partial charge in [0.15, 0.2) is 0 Å². The molecule has 114 valence electrons. The number of nitrogens with zero attached hydrogens (tertiary/aromatic N) is 1. The van der Waals surface area contributed by atoms with E-state index in [-0.39, 0.29) is 12.1 Å². The molecule has 0 aromatic carbocycles. The monoisotopic (exact) mass is 270 g/mol. The molecule has 0 saturated carbocycles. The van der Waals surface area contributed by atoms with E-state index in [9.17, 15) is 5.11 Å². The van der Waals surface area contributed by atoms with E-state index >= 15 is 0 Å². The van der Waals surface area contributed by atoms with Crippen molar-refractivity contribution in [1.29, 1.82) is 0 Å². The van der Waals surface area contributed by atoms with Crippen LogP contribution in [0, 0.1) is 0 Å². The van der Waals surface area contributed by atoms with Gasteiger partial charge < -0.3 is 10.4 Å². The Morgan fingerprint density at radius 2 is 1.84 bits per heavy atom. The second-order valence-corrected chi connectivity index (χ2v) is 6.57. The molecule has 1 unspecified atom stereocenters. The SMILES string of the molecule is CCNC(C)(CO)CCCCN1[C@H](C)CCC[C@@H]1C. The van der Waals surface area contributed by atoms with Gasteiger partial charge in [-0.25, -0.2) is 0 Å². The molecule has 2 N–H and O–H groups in total. The van der Waals surface area contributed by atoms with Crippen molar-refractivity contribution >= 4 is 0 Å². The minimum atomic E-state index is -0.0894. The molecule has 0 bridgehead atoms. The molecule has 1 rings (SSSR count). The fourth-order valence-corrected chi connectivity index (χ4v) is 3.38. The molecule has 3 atom stereocenters. The molecular formula is C16H34N2O. The highest BCUT2D eigenvalue weighted by Gasteiger charge is 2.25. The first-order valence-corrected chi connectivity index (χ1v) is 8.14. The van der Waals surface area contributed by atoms with Crippen molar-refractivity contribution in [3.05, 3.63) is 0 Å². The minimum absolute atomic E-state index is 0.0894. The summed E-state index contributed by atoms with van der Waals surface area (Å²) in [5, 5.41) is 12.9. The van der Waals surface area contributed by atoms with Crippen LogP contribution in [0.15, 0.2) is 0 Å². The van der Waals surface area contributed by atoms with Gasteiger partial charge in [-0.15, -0.1) is 0 Å². The van der Waals surface area contributed by atoms with Crippen LogP contribution in [-0.4, -0.2) is 47.3 Å². The van der Waals surface area contributed by atoms with Crippen LogP contribution in [0.2, 0.25) is 0 Å². The second kappa shape index (κ2) is 8.23. The van der Waals surface area contributed by atoms with Crippen molar-refractivity contribution < 1.29 is 5.11 Å². The number of rotatable bonds is 8. The molecule has 1 fully saturated rings. The summed E-state index contributed by atoms with van der Waals surface area (Å²) < 4.78 is 0. The van der Waals surface area contributed by atoms with Gasteiger partial charge in [0, 0.05) is 17.6 Å². The molecule has 19 heavy (non-hydrogen) atoms. The van der Waals surface area contributed by atoms with Crippen LogP contribution >= 0.6 is 0 Å². The summed E-state index contributed by atoms with van der Waals surface area (Å²) in [6, 6.07) is 1.50. The van der Waals surface area contributed by atoms with Crippen molar-refractivity contribution in [2.24, 2.45) is 0 Å². The smallest absolute Gasteiger partial charge is 0.0610 e. The van der Waals surface area contributed by atoms with Gasteiger partial charge in [-0.3, -0.25) is 4.90 Å². The quantitative estimate of drug-likeness (QED) is 0.666. The van der Waals surface area contributed by atoms with E-state index in [2.05, 4.69) is 37.9 Å². The first-order valence-electron chi connectivity index (χ1n) is 8.14. The van der Waals surface area contributed by atoms with Gasteiger partial charge in [0.25, 0.3) is 0 Å². The second-order valence-electron chi connectivity index (χ2n) is 6.57. The molecule has 3 heteroatoms. The van der Waals surface area contributed by atoms with Crippen LogP contribution in [0.4, 0.5) is 0 Å². The van der Waals surface area contributed by atoms with E-state index in [1.54, 1.807) is 0 Å². The maximum Gasteiger partial charge on any atom is 0.0610 e.